The van der Waals surface area contributed by atoms with Gasteiger partial charge in [-0.05, 0) is 11.5 Å². The third kappa shape index (κ3) is 1.59. The Hall–Kier alpha value is -0.230. The highest BCUT2D eigenvalue weighted by Gasteiger charge is 2.02. The van der Waals surface area contributed by atoms with Gasteiger partial charge in [0.25, 0.3) is 0 Å². The summed E-state index contributed by atoms with van der Waals surface area (Å²) in [7, 11) is 0. The van der Waals surface area contributed by atoms with E-state index in [1.165, 1.54) is 11.5 Å². The molecule has 6 heteroatoms. The Morgan fingerprint density at radius 3 is 3.00 bits per heavy atom. The zero-order valence-electron chi connectivity index (χ0n) is 4.37. The zero-order chi connectivity index (χ0) is 6.69. The Morgan fingerprint density at radius 2 is 2.56 bits per heavy atom. The van der Waals surface area contributed by atoms with Crippen LogP contribution < -0.4 is 5.90 Å². The fourth-order valence-corrected chi connectivity index (χ4v) is 1.06. The van der Waals surface area contributed by atoms with E-state index < -0.39 is 0 Å². The van der Waals surface area contributed by atoms with Gasteiger partial charge in [-0.2, -0.15) is 0 Å². The monoisotopic (exact) mass is 165 g/mol. The minimum absolute atomic E-state index is 0.274. The lowest BCUT2D eigenvalue weighted by Crippen LogP contribution is -1.97. The Morgan fingerprint density at radius 1 is 1.78 bits per heavy atom. The molecule has 0 bridgehead atoms. The zero-order valence-corrected chi connectivity index (χ0v) is 5.95. The summed E-state index contributed by atoms with van der Waals surface area (Å²) >= 11 is 6.70. The molecule has 4 nitrogen and oxygen atoms in total. The number of rotatable bonds is 2. The van der Waals surface area contributed by atoms with Crippen molar-refractivity contribution >= 4 is 23.1 Å². The van der Waals surface area contributed by atoms with Gasteiger partial charge in [-0.15, -0.1) is 5.10 Å². The maximum Gasteiger partial charge on any atom is 0.169 e. The lowest BCUT2D eigenvalue weighted by molar-refractivity contribution is 0.126. The van der Waals surface area contributed by atoms with Crippen molar-refractivity contribution in [3.8, 4) is 0 Å². The highest BCUT2D eigenvalue weighted by atomic mass is 35.5. The number of hydrogen-bond donors (Lipinski definition) is 1. The number of halogens is 1. The maximum absolute atomic E-state index is 5.52. The SMILES string of the molecule is NOCc1snnc1Cl. The van der Waals surface area contributed by atoms with Gasteiger partial charge in [0.05, 0.1) is 4.88 Å². The minimum atomic E-state index is 0.274. The summed E-state index contributed by atoms with van der Waals surface area (Å²) < 4.78 is 3.56. The standard InChI is InChI=1S/C3H4ClN3OS/c4-3-2(1-8-5)9-7-6-3/h1,5H2. The van der Waals surface area contributed by atoms with E-state index in [9.17, 15) is 0 Å². The van der Waals surface area contributed by atoms with Crippen molar-refractivity contribution in [2.24, 2.45) is 5.90 Å². The quantitative estimate of drug-likeness (QED) is 0.652. The number of aromatic nitrogens is 2. The average Bonchev–Trinajstić information content (AvgIpc) is 2.18. The molecule has 1 heterocycles. The molecule has 0 aliphatic carbocycles. The molecule has 0 saturated carbocycles. The largest absolute Gasteiger partial charge is 0.299 e. The fourth-order valence-electron chi connectivity index (χ4n) is 0.361. The molecule has 0 saturated heterocycles. The first kappa shape index (κ1) is 6.88. The molecule has 0 aliphatic heterocycles. The van der Waals surface area contributed by atoms with Gasteiger partial charge < -0.3 is 0 Å². The van der Waals surface area contributed by atoms with Crippen molar-refractivity contribution in [2.45, 2.75) is 6.61 Å². The van der Waals surface area contributed by atoms with Crippen LogP contribution in [0, 0.1) is 0 Å². The molecule has 9 heavy (non-hydrogen) atoms. The van der Waals surface area contributed by atoms with Crippen molar-refractivity contribution in [3.05, 3.63) is 10.0 Å². The van der Waals surface area contributed by atoms with Crippen molar-refractivity contribution in [2.75, 3.05) is 0 Å². The topological polar surface area (TPSA) is 61.0 Å². The second-order valence-electron chi connectivity index (χ2n) is 1.30. The third-order valence-electron chi connectivity index (χ3n) is 0.724. The molecule has 0 fully saturated rings. The first-order valence-corrected chi connectivity index (χ1v) is 3.28. The summed E-state index contributed by atoms with van der Waals surface area (Å²) in [6.45, 7) is 0.274. The summed E-state index contributed by atoms with van der Waals surface area (Å²) in [6, 6.07) is 0. The molecule has 0 radical (unpaired) electrons. The lowest BCUT2D eigenvalue weighted by Gasteiger charge is -1.88. The first-order chi connectivity index (χ1) is 4.34. The van der Waals surface area contributed by atoms with E-state index in [0.717, 1.165) is 4.88 Å². The van der Waals surface area contributed by atoms with Crippen LogP contribution in [0.3, 0.4) is 0 Å². The van der Waals surface area contributed by atoms with Gasteiger partial charge in [-0.3, -0.25) is 4.84 Å². The minimum Gasteiger partial charge on any atom is -0.299 e. The van der Waals surface area contributed by atoms with Gasteiger partial charge in [-0.25, -0.2) is 5.90 Å². The molecule has 0 unspecified atom stereocenters. The van der Waals surface area contributed by atoms with Crippen LogP contribution in [0.15, 0.2) is 0 Å². The van der Waals surface area contributed by atoms with Crippen LogP contribution in [0.2, 0.25) is 5.15 Å². The summed E-state index contributed by atoms with van der Waals surface area (Å²) in [5.41, 5.74) is 0. The Bertz CT molecular complexity index is 191. The number of nitrogens with zero attached hydrogens (tertiary/aromatic N) is 2. The Kier molecular flexibility index (Phi) is 2.35. The van der Waals surface area contributed by atoms with Gasteiger partial charge in [0.15, 0.2) is 5.15 Å². The molecule has 1 aromatic heterocycles. The molecule has 0 aromatic carbocycles. The van der Waals surface area contributed by atoms with Crippen molar-refractivity contribution in [1.29, 1.82) is 0 Å². The molecule has 50 valence electrons. The van der Waals surface area contributed by atoms with Crippen molar-refractivity contribution < 1.29 is 4.84 Å². The van der Waals surface area contributed by atoms with Crippen molar-refractivity contribution in [3.63, 3.8) is 0 Å². The Labute approximate surface area is 60.7 Å². The molecular weight excluding hydrogens is 162 g/mol. The maximum atomic E-state index is 5.52. The molecule has 0 amide bonds. The predicted molar refractivity (Wildman–Crippen MR) is 33.9 cm³/mol. The van der Waals surface area contributed by atoms with Gasteiger partial charge in [0.2, 0.25) is 0 Å². The van der Waals surface area contributed by atoms with Gasteiger partial charge in [0.1, 0.15) is 6.61 Å². The summed E-state index contributed by atoms with van der Waals surface area (Å²) in [6.07, 6.45) is 0. The molecule has 2 N–H and O–H groups in total. The highest BCUT2D eigenvalue weighted by molar-refractivity contribution is 7.06. The average molecular weight is 166 g/mol. The Balaban J connectivity index is 2.69. The van der Waals surface area contributed by atoms with E-state index in [1.54, 1.807) is 0 Å². The first-order valence-electron chi connectivity index (χ1n) is 2.13. The summed E-state index contributed by atoms with van der Waals surface area (Å²) in [5, 5.41) is 3.90. The van der Waals surface area contributed by atoms with E-state index in [4.69, 9.17) is 17.5 Å². The van der Waals surface area contributed by atoms with Crippen LogP contribution >= 0.6 is 23.1 Å². The van der Waals surface area contributed by atoms with E-state index in [2.05, 4.69) is 14.4 Å². The second kappa shape index (κ2) is 3.07. The molecule has 0 spiro atoms. The molecular formula is C3H4ClN3OS. The van der Waals surface area contributed by atoms with E-state index >= 15 is 0 Å². The van der Waals surface area contributed by atoms with E-state index in [1.807, 2.05) is 0 Å². The van der Waals surface area contributed by atoms with Crippen LogP contribution in [-0.4, -0.2) is 9.59 Å². The normalized spacial score (nSPS) is 10.0. The summed E-state index contributed by atoms with van der Waals surface area (Å²) in [4.78, 5) is 5.06. The number of nitrogens with two attached hydrogens (primary N) is 1. The van der Waals surface area contributed by atoms with Gasteiger partial charge >= 0.3 is 0 Å². The smallest absolute Gasteiger partial charge is 0.169 e. The number of hydrogen-bond acceptors (Lipinski definition) is 5. The summed E-state index contributed by atoms with van der Waals surface area (Å²) in [5.74, 6) is 4.78. The van der Waals surface area contributed by atoms with Crippen LogP contribution in [0.4, 0.5) is 0 Å². The lowest BCUT2D eigenvalue weighted by atomic mass is 10.6. The van der Waals surface area contributed by atoms with Crippen LogP contribution in [0.25, 0.3) is 0 Å². The van der Waals surface area contributed by atoms with E-state index in [0.29, 0.717) is 5.15 Å². The molecule has 0 aliphatic rings. The fraction of sp³-hybridized carbons (Fsp3) is 0.333. The molecule has 0 atom stereocenters. The highest BCUT2D eigenvalue weighted by Crippen LogP contribution is 2.15. The van der Waals surface area contributed by atoms with Crippen LogP contribution in [0.1, 0.15) is 4.88 Å². The third-order valence-corrected chi connectivity index (χ3v) is 1.83. The van der Waals surface area contributed by atoms with Crippen LogP contribution in [-0.2, 0) is 11.4 Å². The van der Waals surface area contributed by atoms with Gasteiger partial charge in [-0.1, -0.05) is 16.1 Å². The van der Waals surface area contributed by atoms with Crippen molar-refractivity contribution in [1.82, 2.24) is 9.59 Å². The van der Waals surface area contributed by atoms with Crippen LogP contribution in [0.5, 0.6) is 0 Å². The second-order valence-corrected chi connectivity index (χ2v) is 2.49. The predicted octanol–water partition coefficient (Wildman–Crippen LogP) is 0.582. The van der Waals surface area contributed by atoms with Gasteiger partial charge in [0, 0.05) is 0 Å². The van der Waals surface area contributed by atoms with E-state index in [-0.39, 0.29) is 6.61 Å². The molecule has 1 rings (SSSR count). The molecule has 1 aromatic rings.